The molecule has 2 heteroatoms. The molecule has 2 N–H and O–H groups in total. The Bertz CT molecular complexity index is 1200. The minimum atomic E-state index is 0.269. The second-order valence-electron chi connectivity index (χ2n) is 10.8. The fourth-order valence-corrected chi connectivity index (χ4v) is 5.12. The van der Waals surface area contributed by atoms with Crippen LogP contribution in [-0.2, 0) is 12.8 Å². The van der Waals surface area contributed by atoms with E-state index in [1.807, 2.05) is 36.4 Å². The van der Waals surface area contributed by atoms with Crippen molar-refractivity contribution >= 4 is 0 Å². The van der Waals surface area contributed by atoms with Gasteiger partial charge in [0.15, 0.2) is 0 Å². The number of phenolic OH excluding ortho intramolecular Hbond substituents is 2. The van der Waals surface area contributed by atoms with Gasteiger partial charge < -0.3 is 10.2 Å². The summed E-state index contributed by atoms with van der Waals surface area (Å²) in [6.07, 6.45) is 5.36. The molecule has 2 nitrogen and oxygen atoms in total. The van der Waals surface area contributed by atoms with Crippen LogP contribution in [0.3, 0.4) is 0 Å². The van der Waals surface area contributed by atoms with E-state index in [1.165, 1.54) is 11.1 Å². The van der Waals surface area contributed by atoms with Crippen LogP contribution in [0.2, 0.25) is 0 Å². The van der Waals surface area contributed by atoms with Crippen molar-refractivity contribution in [2.24, 2.45) is 0 Å². The van der Waals surface area contributed by atoms with Gasteiger partial charge in [0.25, 0.3) is 0 Å². The van der Waals surface area contributed by atoms with Crippen molar-refractivity contribution in [2.75, 3.05) is 0 Å². The number of hydrogen-bond acceptors (Lipinski definition) is 2. The fourth-order valence-electron chi connectivity index (χ4n) is 5.12. The molecule has 0 aromatic heterocycles. The average Bonchev–Trinajstić information content (AvgIpc) is 2.90. The topological polar surface area (TPSA) is 40.5 Å². The first-order valence-corrected chi connectivity index (χ1v) is 13.7. The zero-order valence-corrected chi connectivity index (χ0v) is 22.7. The van der Waals surface area contributed by atoms with Crippen molar-refractivity contribution in [2.45, 2.75) is 71.6 Å². The first-order chi connectivity index (χ1) is 17.8. The number of rotatable bonds is 10. The highest BCUT2D eigenvalue weighted by atomic mass is 16.3. The Hall–Kier alpha value is -3.52. The molecule has 0 saturated carbocycles. The van der Waals surface area contributed by atoms with Crippen LogP contribution in [0.25, 0.3) is 22.3 Å². The lowest BCUT2D eigenvalue weighted by Crippen LogP contribution is -1.97. The van der Waals surface area contributed by atoms with Crippen molar-refractivity contribution < 1.29 is 10.2 Å². The normalized spacial score (nSPS) is 11.4. The summed E-state index contributed by atoms with van der Waals surface area (Å²) >= 11 is 0. The van der Waals surface area contributed by atoms with E-state index in [4.69, 9.17) is 0 Å². The first-order valence-electron chi connectivity index (χ1n) is 13.7. The van der Waals surface area contributed by atoms with Gasteiger partial charge in [-0.05, 0) is 83.0 Å². The maximum Gasteiger partial charge on any atom is 0.126 e. The van der Waals surface area contributed by atoms with Crippen molar-refractivity contribution in [1.82, 2.24) is 0 Å². The van der Waals surface area contributed by atoms with E-state index in [1.54, 1.807) is 0 Å². The standard InChI is InChI=1S/C35H40O2/c1-24(2)30-20-26(22-32(34(30)36)28-16-10-6-11-17-28)14-8-5-9-15-27-21-31(25(3)4)35(37)33(23-27)29-18-12-7-13-19-29/h6-7,10-13,16-25,36-37H,5,8-9,14-15H2,1-4H3. The summed E-state index contributed by atoms with van der Waals surface area (Å²) in [6, 6.07) is 29.1. The van der Waals surface area contributed by atoms with Crippen LogP contribution in [0.15, 0.2) is 84.9 Å². The van der Waals surface area contributed by atoms with Gasteiger partial charge >= 0.3 is 0 Å². The van der Waals surface area contributed by atoms with Gasteiger partial charge in [0.1, 0.15) is 11.5 Å². The van der Waals surface area contributed by atoms with Crippen LogP contribution in [0.4, 0.5) is 0 Å². The molecule has 0 atom stereocenters. The molecule has 0 spiro atoms. The van der Waals surface area contributed by atoms with Gasteiger partial charge in [-0.3, -0.25) is 0 Å². The van der Waals surface area contributed by atoms with Crippen molar-refractivity contribution in [1.29, 1.82) is 0 Å². The summed E-state index contributed by atoms with van der Waals surface area (Å²) in [5.74, 6) is 1.36. The van der Waals surface area contributed by atoms with Crippen molar-refractivity contribution in [3.63, 3.8) is 0 Å². The van der Waals surface area contributed by atoms with Crippen LogP contribution in [0.5, 0.6) is 11.5 Å². The largest absolute Gasteiger partial charge is 0.507 e. The minimum Gasteiger partial charge on any atom is -0.507 e. The highest BCUT2D eigenvalue weighted by molar-refractivity contribution is 5.74. The summed E-state index contributed by atoms with van der Waals surface area (Å²) in [7, 11) is 0. The highest BCUT2D eigenvalue weighted by Gasteiger charge is 2.16. The Labute approximate surface area is 222 Å². The third-order valence-electron chi connectivity index (χ3n) is 7.24. The van der Waals surface area contributed by atoms with Crippen LogP contribution >= 0.6 is 0 Å². The number of aryl methyl sites for hydroxylation is 2. The smallest absolute Gasteiger partial charge is 0.126 e. The summed E-state index contributed by atoms with van der Waals surface area (Å²) in [4.78, 5) is 0. The Balaban J connectivity index is 1.44. The molecule has 0 amide bonds. The van der Waals surface area contributed by atoms with Gasteiger partial charge in [-0.25, -0.2) is 0 Å². The molecular weight excluding hydrogens is 452 g/mol. The van der Waals surface area contributed by atoms with Crippen LogP contribution in [0, 0.1) is 0 Å². The predicted molar refractivity (Wildman–Crippen MR) is 157 cm³/mol. The van der Waals surface area contributed by atoms with Gasteiger partial charge in [-0.1, -0.05) is 107 Å². The number of unbranched alkanes of at least 4 members (excludes halogenated alkanes) is 2. The Morgan fingerprint density at radius 1 is 0.514 bits per heavy atom. The fraction of sp³-hybridized carbons (Fsp3) is 0.314. The number of benzene rings is 4. The molecule has 37 heavy (non-hydrogen) atoms. The molecule has 192 valence electrons. The molecule has 4 aromatic rings. The summed E-state index contributed by atoms with van der Waals surface area (Å²) < 4.78 is 0. The minimum absolute atomic E-state index is 0.269. The molecule has 0 unspecified atom stereocenters. The third-order valence-corrected chi connectivity index (χ3v) is 7.24. The Morgan fingerprint density at radius 2 is 0.892 bits per heavy atom. The number of hydrogen-bond donors (Lipinski definition) is 2. The SMILES string of the molecule is CC(C)c1cc(CCCCCc2cc(-c3ccccc3)c(O)c(C(C)C)c2)cc(-c2ccccc2)c1O. The lowest BCUT2D eigenvalue weighted by atomic mass is 9.90. The van der Waals surface area contributed by atoms with Crippen LogP contribution in [-0.4, -0.2) is 10.2 Å². The van der Waals surface area contributed by atoms with Gasteiger partial charge in [-0.15, -0.1) is 0 Å². The van der Waals surface area contributed by atoms with Gasteiger partial charge in [-0.2, -0.15) is 0 Å². The summed E-state index contributed by atoms with van der Waals surface area (Å²) in [5.41, 5.74) is 8.61. The van der Waals surface area contributed by atoms with E-state index in [9.17, 15) is 10.2 Å². The molecule has 0 bridgehead atoms. The first kappa shape index (κ1) is 26.5. The zero-order chi connectivity index (χ0) is 26.4. The van der Waals surface area contributed by atoms with E-state index in [0.29, 0.717) is 11.5 Å². The maximum absolute atomic E-state index is 10.9. The van der Waals surface area contributed by atoms with Gasteiger partial charge in [0.2, 0.25) is 0 Å². The molecule has 0 aliphatic rings. The lowest BCUT2D eigenvalue weighted by molar-refractivity contribution is 0.466. The monoisotopic (exact) mass is 492 g/mol. The molecule has 4 rings (SSSR count). The molecule has 4 aromatic carbocycles. The number of phenols is 2. The second kappa shape index (κ2) is 12.1. The van der Waals surface area contributed by atoms with Crippen molar-refractivity contribution in [3.8, 4) is 33.8 Å². The highest BCUT2D eigenvalue weighted by Crippen LogP contribution is 2.39. The maximum atomic E-state index is 10.9. The summed E-state index contributed by atoms with van der Waals surface area (Å²) in [5, 5.41) is 21.9. The quantitative estimate of drug-likeness (QED) is 0.216. The van der Waals surface area contributed by atoms with Crippen LogP contribution in [0.1, 0.15) is 81.0 Å². The van der Waals surface area contributed by atoms with Gasteiger partial charge in [0, 0.05) is 11.1 Å². The van der Waals surface area contributed by atoms with E-state index >= 15 is 0 Å². The average molecular weight is 493 g/mol. The molecule has 0 radical (unpaired) electrons. The van der Waals surface area contributed by atoms with E-state index in [0.717, 1.165) is 65.5 Å². The third kappa shape index (κ3) is 6.43. The predicted octanol–water partition coefficient (Wildman–Crippen LogP) is 9.63. The van der Waals surface area contributed by atoms with E-state index in [-0.39, 0.29) is 11.8 Å². The van der Waals surface area contributed by atoms with E-state index in [2.05, 4.69) is 76.2 Å². The second-order valence-corrected chi connectivity index (χ2v) is 10.8. The molecule has 0 aliphatic carbocycles. The summed E-state index contributed by atoms with van der Waals surface area (Å²) in [6.45, 7) is 8.56. The lowest BCUT2D eigenvalue weighted by Gasteiger charge is -2.16. The zero-order valence-electron chi connectivity index (χ0n) is 22.7. The molecule has 0 fully saturated rings. The molecular formula is C35H40O2. The number of aromatic hydroxyl groups is 2. The Kier molecular flexibility index (Phi) is 8.71. The molecule has 0 heterocycles. The Morgan fingerprint density at radius 3 is 1.24 bits per heavy atom. The van der Waals surface area contributed by atoms with E-state index < -0.39 is 0 Å². The van der Waals surface area contributed by atoms with Gasteiger partial charge in [0.05, 0.1) is 0 Å². The molecule has 0 saturated heterocycles. The molecule has 0 aliphatic heterocycles. The van der Waals surface area contributed by atoms with Crippen LogP contribution < -0.4 is 0 Å². The van der Waals surface area contributed by atoms with Crippen molar-refractivity contribution in [3.05, 3.63) is 107 Å².